The molecule has 1 aromatic carbocycles. The van der Waals surface area contributed by atoms with Gasteiger partial charge in [0.15, 0.2) is 5.65 Å². The highest BCUT2D eigenvalue weighted by Gasteiger charge is 2.19. The summed E-state index contributed by atoms with van der Waals surface area (Å²) in [6, 6.07) is 10.6. The van der Waals surface area contributed by atoms with Crippen LogP contribution in [0.1, 0.15) is 12.0 Å². The first-order valence-corrected chi connectivity index (χ1v) is 6.34. The van der Waals surface area contributed by atoms with Crippen molar-refractivity contribution in [2.75, 3.05) is 0 Å². The SMILES string of the molecule is FC(F)c1cc(Br)nc2n[nH]c(-c3ccccc3)c12. The van der Waals surface area contributed by atoms with E-state index in [1.807, 2.05) is 30.3 Å². The Morgan fingerprint density at radius 1 is 1.16 bits per heavy atom. The van der Waals surface area contributed by atoms with E-state index in [2.05, 4.69) is 31.1 Å². The number of fused-ring (bicyclic) bond motifs is 1. The van der Waals surface area contributed by atoms with Crippen molar-refractivity contribution in [3.8, 4) is 11.3 Å². The average Bonchev–Trinajstić information content (AvgIpc) is 2.82. The molecule has 0 aliphatic carbocycles. The number of aromatic nitrogens is 3. The molecule has 0 atom stereocenters. The normalized spacial score (nSPS) is 11.4. The van der Waals surface area contributed by atoms with Gasteiger partial charge in [0.05, 0.1) is 11.1 Å². The van der Waals surface area contributed by atoms with Crippen LogP contribution in [0.2, 0.25) is 0 Å². The predicted molar refractivity (Wildman–Crippen MR) is 72.0 cm³/mol. The lowest BCUT2D eigenvalue weighted by atomic mass is 10.1. The molecule has 0 saturated heterocycles. The number of nitrogens with one attached hydrogen (secondary N) is 1. The van der Waals surface area contributed by atoms with E-state index in [1.54, 1.807) is 0 Å². The molecule has 3 rings (SSSR count). The zero-order chi connectivity index (χ0) is 13.4. The number of aromatic amines is 1. The van der Waals surface area contributed by atoms with Crippen molar-refractivity contribution in [2.24, 2.45) is 0 Å². The molecule has 96 valence electrons. The molecule has 0 aliphatic heterocycles. The van der Waals surface area contributed by atoms with E-state index in [0.717, 1.165) is 5.56 Å². The van der Waals surface area contributed by atoms with Crippen molar-refractivity contribution in [3.63, 3.8) is 0 Å². The van der Waals surface area contributed by atoms with Crippen LogP contribution in [0.5, 0.6) is 0 Å². The zero-order valence-electron chi connectivity index (χ0n) is 9.57. The Balaban J connectivity index is 2.33. The van der Waals surface area contributed by atoms with Crippen molar-refractivity contribution >= 4 is 27.0 Å². The van der Waals surface area contributed by atoms with Gasteiger partial charge in [-0.2, -0.15) is 5.10 Å². The lowest BCUT2D eigenvalue weighted by Gasteiger charge is -2.04. The van der Waals surface area contributed by atoms with Crippen LogP contribution in [0, 0.1) is 0 Å². The number of hydrogen-bond donors (Lipinski definition) is 1. The van der Waals surface area contributed by atoms with Crippen molar-refractivity contribution in [2.45, 2.75) is 6.43 Å². The fourth-order valence-electron chi connectivity index (χ4n) is 2.01. The quantitative estimate of drug-likeness (QED) is 0.713. The van der Waals surface area contributed by atoms with Gasteiger partial charge in [0.25, 0.3) is 6.43 Å². The van der Waals surface area contributed by atoms with E-state index < -0.39 is 6.43 Å². The Morgan fingerprint density at radius 3 is 2.58 bits per heavy atom. The van der Waals surface area contributed by atoms with Gasteiger partial charge in [0, 0.05) is 11.1 Å². The van der Waals surface area contributed by atoms with Gasteiger partial charge in [-0.05, 0) is 22.0 Å². The first kappa shape index (κ1) is 12.2. The highest BCUT2D eigenvalue weighted by molar-refractivity contribution is 9.10. The summed E-state index contributed by atoms with van der Waals surface area (Å²) in [5.74, 6) is 0. The number of halogens is 3. The maximum atomic E-state index is 13.2. The van der Waals surface area contributed by atoms with E-state index in [1.165, 1.54) is 6.07 Å². The Kier molecular flexibility index (Phi) is 3.02. The van der Waals surface area contributed by atoms with Crippen molar-refractivity contribution in [1.82, 2.24) is 15.2 Å². The minimum absolute atomic E-state index is 0.0792. The lowest BCUT2D eigenvalue weighted by Crippen LogP contribution is -1.90. The van der Waals surface area contributed by atoms with Gasteiger partial charge in [-0.1, -0.05) is 30.3 Å². The summed E-state index contributed by atoms with van der Waals surface area (Å²) in [6.45, 7) is 0. The molecule has 0 amide bonds. The van der Waals surface area contributed by atoms with Gasteiger partial charge in [0.1, 0.15) is 4.60 Å². The molecule has 0 bridgehead atoms. The Labute approximate surface area is 115 Å². The summed E-state index contributed by atoms with van der Waals surface area (Å²) in [5.41, 5.74) is 1.56. The van der Waals surface area contributed by atoms with E-state index in [4.69, 9.17) is 0 Å². The number of hydrogen-bond acceptors (Lipinski definition) is 2. The topological polar surface area (TPSA) is 41.6 Å². The van der Waals surface area contributed by atoms with Crippen LogP contribution in [0.4, 0.5) is 8.78 Å². The van der Waals surface area contributed by atoms with Crippen LogP contribution in [0.3, 0.4) is 0 Å². The van der Waals surface area contributed by atoms with Gasteiger partial charge in [-0.3, -0.25) is 5.10 Å². The van der Waals surface area contributed by atoms with Crippen LogP contribution in [-0.4, -0.2) is 15.2 Å². The molecule has 3 nitrogen and oxygen atoms in total. The number of benzene rings is 1. The van der Waals surface area contributed by atoms with E-state index in [9.17, 15) is 8.78 Å². The van der Waals surface area contributed by atoms with Crippen LogP contribution < -0.4 is 0 Å². The molecular formula is C13H8BrF2N3. The minimum atomic E-state index is -2.58. The molecular weight excluding hydrogens is 316 g/mol. The van der Waals surface area contributed by atoms with Crippen LogP contribution in [0.15, 0.2) is 41.0 Å². The monoisotopic (exact) mass is 323 g/mol. The van der Waals surface area contributed by atoms with Gasteiger partial charge < -0.3 is 0 Å². The zero-order valence-corrected chi connectivity index (χ0v) is 11.2. The van der Waals surface area contributed by atoms with Gasteiger partial charge in [-0.15, -0.1) is 0 Å². The fourth-order valence-corrected chi connectivity index (χ4v) is 2.42. The molecule has 2 aromatic heterocycles. The van der Waals surface area contributed by atoms with Gasteiger partial charge in [0.2, 0.25) is 0 Å². The number of alkyl halides is 2. The van der Waals surface area contributed by atoms with Gasteiger partial charge in [-0.25, -0.2) is 13.8 Å². The Hall–Kier alpha value is -1.82. The summed E-state index contributed by atoms with van der Waals surface area (Å²) in [5, 5.41) is 7.15. The molecule has 0 unspecified atom stereocenters. The second kappa shape index (κ2) is 4.70. The van der Waals surface area contributed by atoms with E-state index in [-0.39, 0.29) is 11.2 Å². The summed E-state index contributed by atoms with van der Waals surface area (Å²) in [4.78, 5) is 4.11. The average molecular weight is 324 g/mol. The summed E-state index contributed by atoms with van der Waals surface area (Å²) in [7, 11) is 0. The molecule has 0 spiro atoms. The van der Waals surface area contributed by atoms with Crippen molar-refractivity contribution in [1.29, 1.82) is 0 Å². The summed E-state index contributed by atoms with van der Waals surface area (Å²) >= 11 is 3.12. The molecule has 6 heteroatoms. The molecule has 0 fully saturated rings. The Bertz CT molecular complexity index is 725. The van der Waals surface area contributed by atoms with Crippen LogP contribution in [0.25, 0.3) is 22.3 Å². The summed E-state index contributed by atoms with van der Waals surface area (Å²) < 4.78 is 26.7. The smallest absolute Gasteiger partial charge is 0.264 e. The van der Waals surface area contributed by atoms with Crippen molar-refractivity contribution < 1.29 is 8.78 Å². The predicted octanol–water partition coefficient (Wildman–Crippen LogP) is 4.33. The Morgan fingerprint density at radius 2 is 1.89 bits per heavy atom. The third-order valence-corrected chi connectivity index (χ3v) is 3.23. The third-order valence-electron chi connectivity index (χ3n) is 2.82. The summed E-state index contributed by atoms with van der Waals surface area (Å²) in [6.07, 6.45) is -2.58. The number of H-pyrrole nitrogens is 1. The fraction of sp³-hybridized carbons (Fsp3) is 0.0769. The maximum absolute atomic E-state index is 13.2. The van der Waals surface area contributed by atoms with E-state index >= 15 is 0 Å². The van der Waals surface area contributed by atoms with Crippen LogP contribution >= 0.6 is 15.9 Å². The van der Waals surface area contributed by atoms with Crippen molar-refractivity contribution in [3.05, 3.63) is 46.6 Å². The molecule has 2 heterocycles. The first-order chi connectivity index (χ1) is 9.16. The molecule has 3 aromatic rings. The van der Waals surface area contributed by atoms with Crippen LogP contribution in [-0.2, 0) is 0 Å². The highest BCUT2D eigenvalue weighted by Crippen LogP contribution is 2.34. The second-order valence-electron chi connectivity index (χ2n) is 4.00. The third kappa shape index (κ3) is 2.12. The molecule has 1 N–H and O–H groups in total. The largest absolute Gasteiger partial charge is 0.275 e. The molecule has 0 aliphatic rings. The highest BCUT2D eigenvalue weighted by atomic mass is 79.9. The van der Waals surface area contributed by atoms with Gasteiger partial charge >= 0.3 is 0 Å². The standard InChI is InChI=1S/C13H8BrF2N3/c14-9-6-8(12(15)16)10-11(18-19-13(10)17-9)7-4-2-1-3-5-7/h1-6,12H,(H,17,18,19). The molecule has 0 radical (unpaired) electrons. The first-order valence-electron chi connectivity index (χ1n) is 5.55. The lowest BCUT2D eigenvalue weighted by molar-refractivity contribution is 0.153. The van der Waals surface area contributed by atoms with E-state index in [0.29, 0.717) is 15.7 Å². The minimum Gasteiger partial charge on any atom is -0.275 e. The maximum Gasteiger partial charge on any atom is 0.264 e. The number of nitrogens with zero attached hydrogens (tertiary/aromatic N) is 2. The molecule has 0 saturated carbocycles. The number of rotatable bonds is 2. The number of pyridine rings is 1. The second-order valence-corrected chi connectivity index (χ2v) is 4.81. The molecule has 19 heavy (non-hydrogen) atoms.